The smallest absolute Gasteiger partial charge is 0.269 e. The Bertz CT molecular complexity index is 749. The van der Waals surface area contributed by atoms with Gasteiger partial charge in [-0.05, 0) is 6.92 Å². The van der Waals surface area contributed by atoms with E-state index in [0.29, 0.717) is 17.5 Å². The zero-order chi connectivity index (χ0) is 14.8. The molecule has 1 N–H and O–H groups in total. The van der Waals surface area contributed by atoms with Crippen LogP contribution in [0, 0.1) is 6.92 Å². The molecule has 0 bridgehead atoms. The van der Waals surface area contributed by atoms with Crippen molar-refractivity contribution in [3.63, 3.8) is 0 Å². The third kappa shape index (κ3) is 2.85. The Morgan fingerprint density at radius 2 is 2.29 bits per heavy atom. The van der Waals surface area contributed by atoms with Gasteiger partial charge in [0.2, 0.25) is 0 Å². The Kier molecular flexibility index (Phi) is 4.04. The van der Waals surface area contributed by atoms with Crippen LogP contribution in [0.3, 0.4) is 0 Å². The van der Waals surface area contributed by atoms with Gasteiger partial charge in [0, 0.05) is 7.05 Å². The van der Waals surface area contributed by atoms with Crippen molar-refractivity contribution in [2.75, 3.05) is 0 Å². The molecule has 9 heteroatoms. The largest absolute Gasteiger partial charge is 0.390 e. The highest BCUT2D eigenvalue weighted by Crippen LogP contribution is 2.27. The monoisotopic (exact) mass is 323 g/mol. The lowest BCUT2D eigenvalue weighted by molar-refractivity contribution is 0.271. The molecule has 0 aliphatic heterocycles. The zero-order valence-corrected chi connectivity index (χ0v) is 13.1. The van der Waals surface area contributed by atoms with Gasteiger partial charge in [-0.15, -0.1) is 11.3 Å². The second-order valence-corrected chi connectivity index (χ2v) is 6.12. The lowest BCUT2D eigenvalue weighted by atomic mass is 10.4. The molecule has 0 unspecified atom stereocenters. The lowest BCUT2D eigenvalue weighted by Crippen LogP contribution is -1.97. The van der Waals surface area contributed by atoms with Crippen molar-refractivity contribution in [3.8, 4) is 10.8 Å². The van der Waals surface area contributed by atoms with Crippen molar-refractivity contribution < 1.29 is 9.63 Å². The minimum absolute atomic E-state index is 0.0267. The number of thiazole rings is 1. The molecule has 0 saturated heterocycles. The van der Waals surface area contributed by atoms with Crippen LogP contribution in [0.15, 0.2) is 21.4 Å². The zero-order valence-electron chi connectivity index (χ0n) is 11.5. The molecule has 7 nitrogen and oxygen atoms in total. The molecule has 3 rings (SSSR count). The highest BCUT2D eigenvalue weighted by molar-refractivity contribution is 7.98. The molecule has 0 spiro atoms. The Hall–Kier alpha value is -1.71. The highest BCUT2D eigenvalue weighted by Gasteiger charge is 2.14. The summed E-state index contributed by atoms with van der Waals surface area (Å²) in [6.07, 6.45) is 1.66. The second kappa shape index (κ2) is 5.96. The Balaban J connectivity index is 1.70. The van der Waals surface area contributed by atoms with Crippen LogP contribution in [0.2, 0.25) is 0 Å². The van der Waals surface area contributed by atoms with Crippen LogP contribution in [0.1, 0.15) is 17.2 Å². The van der Waals surface area contributed by atoms with E-state index in [1.54, 1.807) is 11.7 Å². The first-order valence-electron chi connectivity index (χ1n) is 6.16. The molecule has 110 valence electrons. The maximum absolute atomic E-state index is 9.14. The van der Waals surface area contributed by atoms with E-state index in [1.165, 1.54) is 23.1 Å². The van der Waals surface area contributed by atoms with Crippen molar-refractivity contribution in [1.29, 1.82) is 0 Å². The van der Waals surface area contributed by atoms with Gasteiger partial charge in [0.25, 0.3) is 5.89 Å². The van der Waals surface area contributed by atoms with E-state index < -0.39 is 0 Å². The number of aryl methyl sites for hydroxylation is 1. The normalized spacial score (nSPS) is 11.2. The number of thioether (sulfide) groups is 1. The number of hydrogen-bond acceptors (Lipinski definition) is 8. The van der Waals surface area contributed by atoms with Gasteiger partial charge in [0.05, 0.1) is 35.5 Å². The average molecular weight is 323 g/mol. The standard InChI is InChI=1S/C12H13N5O2S2/c1-7-10(21-6-14-7)11-15-9(16-19-11)5-20-12-13-3-8(4-18)17(12)2/h3,6,18H,4-5H2,1-2H3. The number of rotatable bonds is 5. The van der Waals surface area contributed by atoms with Crippen LogP contribution >= 0.6 is 23.1 Å². The van der Waals surface area contributed by atoms with Gasteiger partial charge in [0.1, 0.15) is 4.88 Å². The molecule has 0 atom stereocenters. The van der Waals surface area contributed by atoms with E-state index in [1.807, 2.05) is 18.5 Å². The summed E-state index contributed by atoms with van der Waals surface area (Å²) in [6.45, 7) is 1.88. The van der Waals surface area contributed by atoms with E-state index in [0.717, 1.165) is 21.4 Å². The molecule has 0 aromatic carbocycles. The lowest BCUT2D eigenvalue weighted by Gasteiger charge is -2.01. The first kappa shape index (κ1) is 14.2. The molecular formula is C12H13N5O2S2. The van der Waals surface area contributed by atoms with Crippen molar-refractivity contribution in [3.05, 3.63) is 28.9 Å². The van der Waals surface area contributed by atoms with Crippen molar-refractivity contribution in [2.45, 2.75) is 24.4 Å². The average Bonchev–Trinajstić information content (AvgIpc) is 3.17. The second-order valence-electron chi connectivity index (χ2n) is 4.32. The van der Waals surface area contributed by atoms with Crippen LogP contribution in [-0.2, 0) is 19.4 Å². The van der Waals surface area contributed by atoms with Gasteiger partial charge in [-0.1, -0.05) is 16.9 Å². The molecule has 0 fully saturated rings. The number of aliphatic hydroxyl groups excluding tert-OH is 1. The summed E-state index contributed by atoms with van der Waals surface area (Å²) in [5.74, 6) is 1.66. The fourth-order valence-electron chi connectivity index (χ4n) is 1.75. The summed E-state index contributed by atoms with van der Waals surface area (Å²) < 4.78 is 7.11. The summed E-state index contributed by atoms with van der Waals surface area (Å²) in [5.41, 5.74) is 3.42. The first-order valence-corrected chi connectivity index (χ1v) is 8.03. The molecule has 0 aliphatic rings. The topological polar surface area (TPSA) is 89.9 Å². The molecular weight excluding hydrogens is 310 g/mol. The Morgan fingerprint density at radius 3 is 2.95 bits per heavy atom. The van der Waals surface area contributed by atoms with Gasteiger partial charge in [-0.3, -0.25) is 0 Å². The molecule has 3 aromatic heterocycles. The van der Waals surface area contributed by atoms with Crippen LogP contribution in [-0.4, -0.2) is 29.8 Å². The number of hydrogen-bond donors (Lipinski definition) is 1. The number of imidazole rings is 1. The summed E-state index contributed by atoms with van der Waals surface area (Å²) in [5, 5.41) is 13.9. The quantitative estimate of drug-likeness (QED) is 0.718. The number of aromatic nitrogens is 5. The van der Waals surface area contributed by atoms with E-state index >= 15 is 0 Å². The third-order valence-corrected chi connectivity index (χ3v) is 4.90. The third-order valence-electron chi connectivity index (χ3n) is 2.94. The van der Waals surface area contributed by atoms with Crippen molar-refractivity contribution >= 4 is 23.1 Å². The Morgan fingerprint density at radius 1 is 1.43 bits per heavy atom. The van der Waals surface area contributed by atoms with Crippen molar-refractivity contribution in [1.82, 2.24) is 24.7 Å². The van der Waals surface area contributed by atoms with Crippen LogP contribution in [0.4, 0.5) is 0 Å². The van der Waals surface area contributed by atoms with Gasteiger partial charge in [-0.2, -0.15) is 4.98 Å². The summed E-state index contributed by atoms with van der Waals surface area (Å²) in [4.78, 5) is 13.7. The number of aliphatic hydroxyl groups is 1. The molecule has 0 saturated carbocycles. The summed E-state index contributed by atoms with van der Waals surface area (Å²) in [7, 11) is 1.86. The predicted octanol–water partition coefficient (Wildman–Crippen LogP) is 2.02. The van der Waals surface area contributed by atoms with Gasteiger partial charge >= 0.3 is 0 Å². The van der Waals surface area contributed by atoms with E-state index in [9.17, 15) is 0 Å². The van der Waals surface area contributed by atoms with E-state index in [4.69, 9.17) is 9.63 Å². The van der Waals surface area contributed by atoms with Crippen molar-refractivity contribution in [2.24, 2.45) is 7.05 Å². The summed E-state index contributed by atoms with van der Waals surface area (Å²) >= 11 is 2.98. The molecule has 0 amide bonds. The fraction of sp³-hybridized carbons (Fsp3) is 0.333. The molecule has 0 aliphatic carbocycles. The maximum Gasteiger partial charge on any atom is 0.269 e. The number of nitrogens with zero attached hydrogens (tertiary/aromatic N) is 5. The highest BCUT2D eigenvalue weighted by atomic mass is 32.2. The SMILES string of the molecule is Cc1ncsc1-c1nc(CSc2ncc(CO)n2C)no1. The van der Waals surface area contributed by atoms with Crippen LogP contribution in [0.5, 0.6) is 0 Å². The molecule has 21 heavy (non-hydrogen) atoms. The van der Waals surface area contributed by atoms with Gasteiger partial charge < -0.3 is 14.2 Å². The summed E-state index contributed by atoms with van der Waals surface area (Å²) in [6, 6.07) is 0. The molecule has 0 radical (unpaired) electrons. The maximum atomic E-state index is 9.14. The van der Waals surface area contributed by atoms with Gasteiger partial charge in [-0.25, -0.2) is 9.97 Å². The minimum atomic E-state index is -0.0267. The van der Waals surface area contributed by atoms with Gasteiger partial charge in [0.15, 0.2) is 11.0 Å². The fourth-order valence-corrected chi connectivity index (χ4v) is 3.28. The van der Waals surface area contributed by atoms with E-state index in [-0.39, 0.29) is 6.61 Å². The van der Waals surface area contributed by atoms with Crippen LogP contribution < -0.4 is 0 Å². The molecule has 3 heterocycles. The first-order chi connectivity index (χ1) is 10.2. The Labute approximate surface area is 129 Å². The van der Waals surface area contributed by atoms with E-state index in [2.05, 4.69) is 20.1 Å². The van der Waals surface area contributed by atoms with Crippen LogP contribution in [0.25, 0.3) is 10.8 Å². The molecule has 3 aromatic rings. The minimum Gasteiger partial charge on any atom is -0.390 e. The predicted molar refractivity (Wildman–Crippen MR) is 78.8 cm³/mol.